The van der Waals surface area contributed by atoms with Crippen LogP contribution in [-0.2, 0) is 0 Å². The highest BCUT2D eigenvalue weighted by atomic mass is 32.1. The quantitative estimate of drug-likeness (QED) is 0.742. The molecular formula is C18H18N4O3S. The van der Waals surface area contributed by atoms with Gasteiger partial charge in [0.05, 0.1) is 31.9 Å². The van der Waals surface area contributed by atoms with Crippen LogP contribution in [0.15, 0.2) is 42.0 Å². The lowest BCUT2D eigenvalue weighted by molar-refractivity contribution is 0.320. The van der Waals surface area contributed by atoms with Crippen molar-refractivity contribution in [2.75, 3.05) is 26.6 Å². The number of nitrogens with zero attached hydrogens (tertiary/aromatic N) is 3. The van der Waals surface area contributed by atoms with Crippen LogP contribution in [0, 0.1) is 0 Å². The Morgan fingerprint density at radius 1 is 1.08 bits per heavy atom. The summed E-state index contributed by atoms with van der Waals surface area (Å²) < 4.78 is 18.4. The second-order valence-corrected chi connectivity index (χ2v) is 6.53. The summed E-state index contributed by atoms with van der Waals surface area (Å²) in [5.41, 5.74) is 1.90. The molecule has 0 amide bonds. The first-order chi connectivity index (χ1) is 12.8. The lowest BCUT2D eigenvalue weighted by Gasteiger charge is -2.26. The third kappa shape index (κ3) is 2.59. The lowest BCUT2D eigenvalue weighted by atomic mass is 10.0. The molecule has 1 aromatic carbocycles. The maximum absolute atomic E-state index is 5.67. The zero-order valence-electron chi connectivity index (χ0n) is 14.6. The number of hydrogen-bond donors (Lipinski definition) is 1. The molecule has 2 aromatic heterocycles. The number of ether oxygens (including phenoxy) is 3. The first-order valence-electron chi connectivity index (χ1n) is 7.98. The third-order valence-corrected chi connectivity index (χ3v) is 5.15. The fraction of sp³-hybridized carbons (Fsp3) is 0.222. The van der Waals surface area contributed by atoms with Crippen LogP contribution in [0.25, 0.3) is 5.70 Å². The number of benzene rings is 1. The molecule has 1 N–H and O–H groups in total. The van der Waals surface area contributed by atoms with Gasteiger partial charge in [0.2, 0.25) is 11.7 Å². The number of hydrogen-bond acceptors (Lipinski definition) is 7. The molecule has 1 aliphatic rings. The van der Waals surface area contributed by atoms with E-state index >= 15 is 0 Å². The fourth-order valence-corrected chi connectivity index (χ4v) is 3.79. The minimum absolute atomic E-state index is 0.194. The van der Waals surface area contributed by atoms with Crippen LogP contribution in [0.1, 0.15) is 16.5 Å². The van der Waals surface area contributed by atoms with Gasteiger partial charge in [0.25, 0.3) is 0 Å². The lowest BCUT2D eigenvalue weighted by Crippen LogP contribution is -2.20. The number of aromatic nitrogens is 3. The molecule has 7 nitrogen and oxygen atoms in total. The predicted molar refractivity (Wildman–Crippen MR) is 100 cm³/mol. The van der Waals surface area contributed by atoms with Gasteiger partial charge < -0.3 is 19.5 Å². The normalized spacial score (nSPS) is 15.7. The molecule has 0 saturated carbocycles. The number of methoxy groups -OCH3 is 3. The van der Waals surface area contributed by atoms with E-state index in [1.165, 1.54) is 6.33 Å². The molecule has 0 spiro atoms. The monoisotopic (exact) mass is 370 g/mol. The SMILES string of the molecule is COc1ccc(C2C=C(c3cccs3)Nc3ncnn32)c(OC)c1OC. The largest absolute Gasteiger partial charge is 0.493 e. The molecule has 0 aliphatic carbocycles. The molecule has 3 heterocycles. The Labute approximate surface area is 154 Å². The van der Waals surface area contributed by atoms with Gasteiger partial charge in [-0.2, -0.15) is 10.1 Å². The molecule has 1 unspecified atom stereocenters. The molecule has 1 atom stereocenters. The van der Waals surface area contributed by atoms with E-state index in [0.29, 0.717) is 23.2 Å². The van der Waals surface area contributed by atoms with E-state index in [9.17, 15) is 0 Å². The summed E-state index contributed by atoms with van der Waals surface area (Å²) in [4.78, 5) is 5.46. The summed E-state index contributed by atoms with van der Waals surface area (Å²) in [6.07, 6.45) is 3.64. The maximum atomic E-state index is 5.67. The van der Waals surface area contributed by atoms with E-state index in [1.54, 1.807) is 32.7 Å². The van der Waals surface area contributed by atoms with E-state index in [2.05, 4.69) is 27.5 Å². The Hall–Kier alpha value is -3.00. The number of fused-ring (bicyclic) bond motifs is 1. The molecule has 0 fully saturated rings. The first kappa shape index (κ1) is 16.5. The van der Waals surface area contributed by atoms with Crippen molar-refractivity contribution >= 4 is 23.0 Å². The van der Waals surface area contributed by atoms with Gasteiger partial charge >= 0.3 is 0 Å². The number of allylic oxidation sites excluding steroid dienone is 1. The van der Waals surface area contributed by atoms with Crippen LogP contribution in [0.5, 0.6) is 17.2 Å². The van der Waals surface area contributed by atoms with Gasteiger partial charge in [0.1, 0.15) is 12.4 Å². The van der Waals surface area contributed by atoms with Crippen molar-refractivity contribution in [1.29, 1.82) is 0 Å². The van der Waals surface area contributed by atoms with Crippen molar-refractivity contribution in [3.05, 3.63) is 52.5 Å². The molecule has 3 aromatic rings. The minimum Gasteiger partial charge on any atom is -0.493 e. The molecule has 0 radical (unpaired) electrons. The molecule has 134 valence electrons. The molecule has 26 heavy (non-hydrogen) atoms. The molecule has 4 rings (SSSR count). The highest BCUT2D eigenvalue weighted by Crippen LogP contribution is 2.45. The van der Waals surface area contributed by atoms with E-state index in [4.69, 9.17) is 14.2 Å². The average Bonchev–Trinajstić information content (AvgIpc) is 3.37. The van der Waals surface area contributed by atoms with Crippen molar-refractivity contribution < 1.29 is 14.2 Å². The van der Waals surface area contributed by atoms with Crippen molar-refractivity contribution in [3.8, 4) is 17.2 Å². The van der Waals surface area contributed by atoms with Crippen LogP contribution in [0.2, 0.25) is 0 Å². The molecule has 0 bridgehead atoms. The van der Waals surface area contributed by atoms with Crippen molar-refractivity contribution in [2.45, 2.75) is 6.04 Å². The number of nitrogens with one attached hydrogen (secondary N) is 1. The number of anilines is 1. The van der Waals surface area contributed by atoms with Gasteiger partial charge in [-0.15, -0.1) is 11.3 Å². The highest BCUT2D eigenvalue weighted by molar-refractivity contribution is 7.11. The number of thiophene rings is 1. The fourth-order valence-electron chi connectivity index (χ4n) is 3.09. The summed E-state index contributed by atoms with van der Waals surface area (Å²) in [7, 11) is 4.82. The van der Waals surface area contributed by atoms with Gasteiger partial charge in [-0.3, -0.25) is 0 Å². The zero-order valence-corrected chi connectivity index (χ0v) is 15.4. The predicted octanol–water partition coefficient (Wildman–Crippen LogP) is 3.42. The molecule has 0 saturated heterocycles. The van der Waals surface area contributed by atoms with Gasteiger partial charge in [-0.05, 0) is 29.7 Å². The van der Waals surface area contributed by atoms with Crippen molar-refractivity contribution in [1.82, 2.24) is 14.8 Å². The van der Waals surface area contributed by atoms with Gasteiger partial charge in [-0.1, -0.05) is 6.07 Å². The Kier molecular flexibility index (Phi) is 4.26. The molecular weight excluding hydrogens is 352 g/mol. The second-order valence-electron chi connectivity index (χ2n) is 5.58. The average molecular weight is 370 g/mol. The van der Waals surface area contributed by atoms with E-state index < -0.39 is 0 Å². The van der Waals surface area contributed by atoms with Crippen LogP contribution in [0.4, 0.5) is 5.95 Å². The first-order valence-corrected chi connectivity index (χ1v) is 8.86. The van der Waals surface area contributed by atoms with Gasteiger partial charge in [-0.25, -0.2) is 4.68 Å². The van der Waals surface area contributed by atoms with Gasteiger partial charge in [0.15, 0.2) is 11.5 Å². The molecule has 8 heteroatoms. The van der Waals surface area contributed by atoms with Crippen LogP contribution >= 0.6 is 11.3 Å². The van der Waals surface area contributed by atoms with E-state index in [0.717, 1.165) is 16.1 Å². The Morgan fingerprint density at radius 2 is 1.92 bits per heavy atom. The smallest absolute Gasteiger partial charge is 0.226 e. The Balaban J connectivity index is 1.89. The Bertz CT molecular complexity index is 950. The second kappa shape index (κ2) is 6.72. The highest BCUT2D eigenvalue weighted by Gasteiger charge is 2.28. The zero-order chi connectivity index (χ0) is 18.1. The maximum Gasteiger partial charge on any atom is 0.226 e. The summed E-state index contributed by atoms with van der Waals surface area (Å²) in [5, 5.41) is 9.75. The summed E-state index contributed by atoms with van der Waals surface area (Å²) in [6, 6.07) is 7.73. The number of rotatable bonds is 5. The van der Waals surface area contributed by atoms with Crippen LogP contribution in [0.3, 0.4) is 0 Å². The topological polar surface area (TPSA) is 70.4 Å². The van der Waals surface area contributed by atoms with Crippen LogP contribution in [-0.4, -0.2) is 36.1 Å². The van der Waals surface area contributed by atoms with Gasteiger partial charge in [0, 0.05) is 5.56 Å². The van der Waals surface area contributed by atoms with Crippen molar-refractivity contribution in [2.24, 2.45) is 0 Å². The Morgan fingerprint density at radius 3 is 2.62 bits per heavy atom. The summed E-state index contributed by atoms with van der Waals surface area (Å²) >= 11 is 1.66. The van der Waals surface area contributed by atoms with Crippen LogP contribution < -0.4 is 19.5 Å². The van der Waals surface area contributed by atoms with E-state index in [-0.39, 0.29) is 6.04 Å². The summed E-state index contributed by atoms with van der Waals surface area (Å²) in [6.45, 7) is 0. The summed E-state index contributed by atoms with van der Waals surface area (Å²) in [5.74, 6) is 2.46. The minimum atomic E-state index is -0.194. The third-order valence-electron chi connectivity index (χ3n) is 4.25. The standard InChI is InChI=1S/C18H18N4O3S/c1-23-14-7-6-11(16(24-2)17(14)25-3)13-9-12(15-5-4-8-26-15)21-18-19-10-20-22(13)18/h4-10,13H,1-3H3,(H,19,20,21). The van der Waals surface area contributed by atoms with E-state index in [1.807, 2.05) is 28.3 Å². The molecule has 1 aliphatic heterocycles. The van der Waals surface area contributed by atoms with Crippen molar-refractivity contribution in [3.63, 3.8) is 0 Å².